The minimum atomic E-state index is -0.433. The first-order chi connectivity index (χ1) is 21.5. The van der Waals surface area contributed by atoms with Crippen LogP contribution in [0.5, 0.6) is 0 Å². The van der Waals surface area contributed by atoms with Gasteiger partial charge in [0, 0.05) is 31.5 Å². The number of carbonyl (C=O) groups excluding carboxylic acids is 2. The van der Waals surface area contributed by atoms with Gasteiger partial charge in [-0.1, -0.05) is 155 Å². The fraction of sp³-hybridized carbons (Fsp3) is 0.821. The average molecular weight is 615 g/mol. The molecule has 1 heterocycles. The van der Waals surface area contributed by atoms with Crippen molar-refractivity contribution in [2.24, 2.45) is 5.92 Å². The number of nitrogens with zero attached hydrogens (tertiary/aromatic N) is 1. The molecule has 0 radical (unpaired) electrons. The van der Waals surface area contributed by atoms with Gasteiger partial charge in [0.2, 0.25) is 11.8 Å². The van der Waals surface area contributed by atoms with Crippen molar-refractivity contribution in [3.05, 3.63) is 30.6 Å². The van der Waals surface area contributed by atoms with Gasteiger partial charge in [0.05, 0.1) is 0 Å². The van der Waals surface area contributed by atoms with Crippen molar-refractivity contribution in [1.82, 2.24) is 10.6 Å². The van der Waals surface area contributed by atoms with Crippen LogP contribution in [-0.2, 0) is 16.1 Å². The highest BCUT2D eigenvalue weighted by Gasteiger charge is 2.23. The number of hydrogen-bond acceptors (Lipinski definition) is 2. The van der Waals surface area contributed by atoms with E-state index < -0.39 is 6.04 Å². The van der Waals surface area contributed by atoms with E-state index in [0.717, 1.165) is 25.8 Å². The second kappa shape index (κ2) is 29.8. The fourth-order valence-corrected chi connectivity index (χ4v) is 6.00. The van der Waals surface area contributed by atoms with E-state index in [0.29, 0.717) is 13.0 Å². The third kappa shape index (κ3) is 24.4. The third-order valence-electron chi connectivity index (χ3n) is 8.94. The van der Waals surface area contributed by atoms with Gasteiger partial charge in [0.25, 0.3) is 0 Å². The van der Waals surface area contributed by atoms with E-state index >= 15 is 0 Å². The Hall–Kier alpha value is -1.91. The Balaban J connectivity index is 1.93. The zero-order valence-corrected chi connectivity index (χ0v) is 29.4. The van der Waals surface area contributed by atoms with Gasteiger partial charge in [-0.2, -0.15) is 0 Å². The second-order valence-corrected chi connectivity index (χ2v) is 13.6. The molecule has 1 aromatic rings. The monoisotopic (exact) mass is 615 g/mol. The minimum Gasteiger partial charge on any atom is -0.354 e. The maximum absolute atomic E-state index is 12.8. The van der Waals surface area contributed by atoms with E-state index in [-0.39, 0.29) is 17.7 Å². The number of hydrogen-bond donors (Lipinski definition) is 2. The van der Waals surface area contributed by atoms with Crippen molar-refractivity contribution in [3.8, 4) is 0 Å². The van der Waals surface area contributed by atoms with Crippen LogP contribution in [-0.4, -0.2) is 24.4 Å². The average Bonchev–Trinajstić information content (AvgIpc) is 3.02. The molecule has 0 saturated carbocycles. The van der Waals surface area contributed by atoms with Crippen molar-refractivity contribution in [2.45, 2.75) is 194 Å². The lowest BCUT2D eigenvalue weighted by Crippen LogP contribution is -2.49. The molecule has 0 saturated heterocycles. The standard InChI is InChI=1S/C39H71N3O2/c1-4-5-6-7-8-9-10-11-12-13-14-15-17-20-23-27-32-40-39(44)38(36(2)3)41-37(43)31-26-22-19-16-18-21-24-28-33-42-34-29-25-30-35-42/h25,29-30,34-36,38H,4-24,26-28,31-33H2,1-3H3,(H-,40,41,43,44)/p+1/t38-/m1/s1. The summed E-state index contributed by atoms with van der Waals surface area (Å²) in [4.78, 5) is 25.3. The van der Waals surface area contributed by atoms with Crippen LogP contribution < -0.4 is 15.2 Å². The molecule has 1 atom stereocenters. The summed E-state index contributed by atoms with van der Waals surface area (Å²) in [6, 6.07) is 5.79. The summed E-state index contributed by atoms with van der Waals surface area (Å²) < 4.78 is 2.25. The largest absolute Gasteiger partial charge is 0.354 e. The summed E-state index contributed by atoms with van der Waals surface area (Å²) in [5.41, 5.74) is 0. The number of nitrogens with one attached hydrogen (secondary N) is 2. The van der Waals surface area contributed by atoms with Crippen LogP contribution >= 0.6 is 0 Å². The maximum atomic E-state index is 12.8. The van der Waals surface area contributed by atoms with E-state index in [1.165, 1.54) is 135 Å². The molecular formula is C39H72N3O2+. The molecule has 0 aliphatic carbocycles. The Morgan fingerprint density at radius 3 is 1.48 bits per heavy atom. The highest BCUT2D eigenvalue weighted by molar-refractivity contribution is 5.87. The Kier molecular flexibility index (Phi) is 27.2. The molecule has 44 heavy (non-hydrogen) atoms. The van der Waals surface area contributed by atoms with Gasteiger partial charge in [0.15, 0.2) is 12.4 Å². The van der Waals surface area contributed by atoms with E-state index in [1.807, 2.05) is 13.8 Å². The highest BCUT2D eigenvalue weighted by atomic mass is 16.2. The molecule has 0 fully saturated rings. The van der Waals surface area contributed by atoms with Gasteiger partial charge in [-0.15, -0.1) is 0 Å². The Morgan fingerprint density at radius 1 is 0.568 bits per heavy atom. The van der Waals surface area contributed by atoms with Crippen molar-refractivity contribution < 1.29 is 14.2 Å². The molecule has 1 rings (SSSR count). The number of unbranched alkanes of at least 4 members (excludes halogenated alkanes) is 22. The van der Waals surface area contributed by atoms with Crippen LogP contribution in [0.3, 0.4) is 0 Å². The Bertz CT molecular complexity index is 783. The van der Waals surface area contributed by atoms with Crippen molar-refractivity contribution in [3.63, 3.8) is 0 Å². The number of pyridine rings is 1. The van der Waals surface area contributed by atoms with Gasteiger partial charge >= 0.3 is 0 Å². The highest BCUT2D eigenvalue weighted by Crippen LogP contribution is 2.14. The summed E-state index contributed by atoms with van der Waals surface area (Å²) in [6.45, 7) is 8.12. The molecule has 0 bridgehead atoms. The summed E-state index contributed by atoms with van der Waals surface area (Å²) in [5, 5.41) is 6.09. The molecule has 1 aromatic heterocycles. The van der Waals surface area contributed by atoms with E-state index in [2.05, 4.69) is 52.7 Å². The molecule has 0 aromatic carbocycles. The lowest BCUT2D eigenvalue weighted by molar-refractivity contribution is -0.697. The Morgan fingerprint density at radius 2 is 1.00 bits per heavy atom. The van der Waals surface area contributed by atoms with E-state index in [4.69, 9.17) is 0 Å². The normalized spacial score (nSPS) is 12.0. The summed E-state index contributed by atoms with van der Waals surface area (Å²) in [6.07, 6.45) is 35.9. The molecule has 2 N–H and O–H groups in total. The number of aromatic nitrogens is 1. The first-order valence-corrected chi connectivity index (χ1v) is 19.1. The minimum absolute atomic E-state index is 0.0136. The molecule has 254 valence electrons. The van der Waals surface area contributed by atoms with E-state index in [1.54, 1.807) is 0 Å². The van der Waals surface area contributed by atoms with E-state index in [9.17, 15) is 9.59 Å². The number of aryl methyl sites for hydroxylation is 1. The van der Waals surface area contributed by atoms with Crippen LogP contribution in [0.2, 0.25) is 0 Å². The molecule has 5 heteroatoms. The van der Waals surface area contributed by atoms with Crippen molar-refractivity contribution in [2.75, 3.05) is 6.54 Å². The van der Waals surface area contributed by atoms with Gasteiger partial charge in [-0.3, -0.25) is 9.59 Å². The van der Waals surface area contributed by atoms with Crippen LogP contribution in [0.4, 0.5) is 0 Å². The quantitative estimate of drug-likeness (QED) is 0.0646. The topological polar surface area (TPSA) is 62.1 Å². The molecule has 2 amide bonds. The smallest absolute Gasteiger partial charge is 0.242 e. The van der Waals surface area contributed by atoms with Gasteiger partial charge in [-0.05, 0) is 25.2 Å². The lowest BCUT2D eigenvalue weighted by Gasteiger charge is -2.21. The first-order valence-electron chi connectivity index (χ1n) is 19.1. The van der Waals surface area contributed by atoms with Crippen molar-refractivity contribution >= 4 is 11.8 Å². The van der Waals surface area contributed by atoms with Crippen LogP contribution in [0.25, 0.3) is 0 Å². The molecule has 0 unspecified atom stereocenters. The molecule has 0 aliphatic rings. The third-order valence-corrected chi connectivity index (χ3v) is 8.94. The molecule has 0 aliphatic heterocycles. The van der Waals surface area contributed by atoms with Crippen LogP contribution in [0.1, 0.15) is 181 Å². The lowest BCUT2D eigenvalue weighted by atomic mass is 10.0. The number of amides is 2. The SMILES string of the molecule is CCCCCCCCCCCCCCCCCCNC(=O)[C@H](NC(=O)CCCCCCCCCC[n+]1ccccc1)C(C)C. The first kappa shape index (κ1) is 40.1. The predicted molar refractivity (Wildman–Crippen MR) is 188 cm³/mol. The van der Waals surface area contributed by atoms with Crippen molar-refractivity contribution in [1.29, 1.82) is 0 Å². The van der Waals surface area contributed by atoms with Crippen LogP contribution in [0, 0.1) is 5.92 Å². The maximum Gasteiger partial charge on any atom is 0.242 e. The zero-order chi connectivity index (χ0) is 31.9. The molecular weight excluding hydrogens is 542 g/mol. The van der Waals surface area contributed by atoms with Gasteiger partial charge in [0.1, 0.15) is 12.6 Å². The summed E-state index contributed by atoms with van der Waals surface area (Å²) >= 11 is 0. The molecule has 0 spiro atoms. The van der Waals surface area contributed by atoms with Gasteiger partial charge in [-0.25, -0.2) is 4.57 Å². The van der Waals surface area contributed by atoms with Gasteiger partial charge < -0.3 is 10.6 Å². The summed E-state index contributed by atoms with van der Waals surface area (Å²) in [5.74, 6) is 0.0738. The van der Waals surface area contributed by atoms with Crippen LogP contribution in [0.15, 0.2) is 30.6 Å². The fourth-order valence-electron chi connectivity index (χ4n) is 6.00. The number of rotatable bonds is 31. The second-order valence-electron chi connectivity index (χ2n) is 13.6. The zero-order valence-electron chi connectivity index (χ0n) is 29.4. The predicted octanol–water partition coefficient (Wildman–Crippen LogP) is 10.0. The molecule has 5 nitrogen and oxygen atoms in total. The number of carbonyl (C=O) groups is 2. The summed E-state index contributed by atoms with van der Waals surface area (Å²) in [7, 11) is 0. The Labute approximate surface area is 273 Å².